The van der Waals surface area contributed by atoms with E-state index >= 15 is 0 Å². The van der Waals surface area contributed by atoms with Crippen molar-refractivity contribution in [2.75, 3.05) is 13.3 Å². The van der Waals surface area contributed by atoms with Crippen LogP contribution >= 0.6 is 0 Å². The molecule has 2 heterocycles. The third kappa shape index (κ3) is 3.16. The second-order valence-electron chi connectivity index (χ2n) is 5.25. The maximum Gasteiger partial charge on any atom is 0.231 e. The Morgan fingerprint density at radius 2 is 2.05 bits per heavy atom. The quantitative estimate of drug-likeness (QED) is 0.916. The fourth-order valence-corrected chi connectivity index (χ4v) is 2.51. The van der Waals surface area contributed by atoms with Crippen LogP contribution in [-0.4, -0.2) is 18.3 Å². The van der Waals surface area contributed by atoms with E-state index in [1.807, 2.05) is 12.3 Å². The lowest BCUT2D eigenvalue weighted by atomic mass is 10.0. The van der Waals surface area contributed by atoms with Gasteiger partial charge in [0.05, 0.1) is 0 Å². The van der Waals surface area contributed by atoms with Gasteiger partial charge in [-0.2, -0.15) is 0 Å². The second-order valence-corrected chi connectivity index (χ2v) is 5.25. The molecule has 1 N–H and O–H groups in total. The average molecular weight is 284 g/mol. The minimum atomic E-state index is 0.222. The highest BCUT2D eigenvalue weighted by Gasteiger charge is 2.18. The van der Waals surface area contributed by atoms with Gasteiger partial charge >= 0.3 is 0 Å². The summed E-state index contributed by atoms with van der Waals surface area (Å²) in [5.74, 6) is 1.65. The Morgan fingerprint density at radius 1 is 1.19 bits per heavy atom. The fourth-order valence-electron chi connectivity index (χ4n) is 2.51. The first-order valence-electron chi connectivity index (χ1n) is 7.30. The minimum absolute atomic E-state index is 0.222. The van der Waals surface area contributed by atoms with Crippen molar-refractivity contribution in [3.8, 4) is 11.5 Å². The molecule has 1 aliphatic rings. The molecular formula is C17H20N2O2. The molecule has 0 aliphatic carbocycles. The van der Waals surface area contributed by atoms with E-state index in [1.165, 1.54) is 11.1 Å². The second kappa shape index (κ2) is 6.14. The molecule has 0 spiro atoms. The van der Waals surface area contributed by atoms with Gasteiger partial charge in [0.2, 0.25) is 6.79 Å². The van der Waals surface area contributed by atoms with Crippen molar-refractivity contribution in [2.45, 2.75) is 26.3 Å². The van der Waals surface area contributed by atoms with E-state index in [0.29, 0.717) is 6.79 Å². The lowest BCUT2D eigenvalue weighted by molar-refractivity contribution is 0.174. The molecule has 1 aromatic carbocycles. The van der Waals surface area contributed by atoms with Crippen molar-refractivity contribution in [1.29, 1.82) is 0 Å². The van der Waals surface area contributed by atoms with E-state index < -0.39 is 0 Å². The first kappa shape index (κ1) is 13.9. The van der Waals surface area contributed by atoms with Gasteiger partial charge < -0.3 is 14.8 Å². The number of nitrogens with zero attached hydrogens (tertiary/aromatic N) is 1. The summed E-state index contributed by atoms with van der Waals surface area (Å²) in [5, 5.41) is 3.52. The molecule has 1 unspecified atom stereocenters. The molecule has 21 heavy (non-hydrogen) atoms. The monoisotopic (exact) mass is 284 g/mol. The van der Waals surface area contributed by atoms with Crippen LogP contribution in [-0.2, 0) is 6.42 Å². The highest BCUT2D eigenvalue weighted by atomic mass is 16.7. The Hall–Kier alpha value is -2.07. The van der Waals surface area contributed by atoms with Crippen LogP contribution in [0.25, 0.3) is 0 Å². The molecule has 4 heteroatoms. The number of benzene rings is 1. The lowest BCUT2D eigenvalue weighted by Gasteiger charge is -2.18. The molecule has 3 rings (SSSR count). The number of nitrogens with one attached hydrogen (secondary N) is 1. The predicted octanol–water partition coefficient (Wildman–Crippen LogP) is 3.01. The van der Waals surface area contributed by atoms with Crippen molar-refractivity contribution in [2.24, 2.45) is 0 Å². The summed E-state index contributed by atoms with van der Waals surface area (Å²) in [6.45, 7) is 5.38. The van der Waals surface area contributed by atoms with Gasteiger partial charge in [0.25, 0.3) is 0 Å². The van der Waals surface area contributed by atoms with E-state index in [9.17, 15) is 0 Å². The van der Waals surface area contributed by atoms with Crippen molar-refractivity contribution >= 4 is 0 Å². The fraction of sp³-hybridized carbons (Fsp3) is 0.353. The largest absolute Gasteiger partial charge is 0.454 e. The Bertz CT molecular complexity index is 611. The van der Waals surface area contributed by atoms with E-state index in [0.717, 1.165) is 30.2 Å². The van der Waals surface area contributed by atoms with Crippen molar-refractivity contribution in [3.05, 3.63) is 53.3 Å². The van der Waals surface area contributed by atoms with Crippen LogP contribution in [0.1, 0.15) is 29.8 Å². The van der Waals surface area contributed by atoms with Gasteiger partial charge in [-0.05, 0) is 42.8 Å². The van der Waals surface area contributed by atoms with E-state index in [2.05, 4.69) is 48.4 Å². The maximum atomic E-state index is 5.47. The third-order valence-electron chi connectivity index (χ3n) is 3.64. The average Bonchev–Trinajstić information content (AvgIpc) is 2.96. The minimum Gasteiger partial charge on any atom is -0.454 e. The maximum absolute atomic E-state index is 5.47. The van der Waals surface area contributed by atoms with Gasteiger partial charge in [-0.25, -0.2) is 0 Å². The summed E-state index contributed by atoms with van der Waals surface area (Å²) < 4.78 is 10.8. The van der Waals surface area contributed by atoms with Gasteiger partial charge in [-0.15, -0.1) is 0 Å². The molecule has 2 aromatic rings. The Morgan fingerprint density at radius 3 is 2.81 bits per heavy atom. The molecule has 1 aromatic heterocycles. The van der Waals surface area contributed by atoms with Crippen molar-refractivity contribution in [1.82, 2.24) is 10.3 Å². The zero-order valence-electron chi connectivity index (χ0n) is 12.4. The zero-order valence-corrected chi connectivity index (χ0v) is 12.4. The SMILES string of the molecule is CCNC(Cc1ccc(C)cn1)c1ccc2c(c1)OCO2. The number of pyridine rings is 1. The smallest absolute Gasteiger partial charge is 0.231 e. The Balaban J connectivity index is 1.82. The molecule has 1 aliphatic heterocycles. The topological polar surface area (TPSA) is 43.4 Å². The molecule has 110 valence electrons. The van der Waals surface area contributed by atoms with Crippen LogP contribution < -0.4 is 14.8 Å². The Kier molecular flexibility index (Phi) is 4.06. The van der Waals surface area contributed by atoms with Crippen molar-refractivity contribution < 1.29 is 9.47 Å². The third-order valence-corrected chi connectivity index (χ3v) is 3.64. The number of fused-ring (bicyclic) bond motifs is 1. The molecule has 0 bridgehead atoms. The molecule has 0 radical (unpaired) electrons. The summed E-state index contributed by atoms with van der Waals surface area (Å²) in [6, 6.07) is 10.5. The summed E-state index contributed by atoms with van der Waals surface area (Å²) in [6.07, 6.45) is 2.77. The Labute approximate surface area is 125 Å². The normalized spacial score (nSPS) is 14.2. The van der Waals surface area contributed by atoms with E-state index in [4.69, 9.17) is 9.47 Å². The highest BCUT2D eigenvalue weighted by molar-refractivity contribution is 5.45. The van der Waals surface area contributed by atoms with Gasteiger partial charge in [-0.1, -0.05) is 19.1 Å². The van der Waals surface area contributed by atoms with Crippen LogP contribution in [0, 0.1) is 6.92 Å². The molecule has 0 saturated heterocycles. The predicted molar refractivity (Wildman–Crippen MR) is 81.7 cm³/mol. The van der Waals surface area contributed by atoms with Gasteiger partial charge in [-0.3, -0.25) is 4.98 Å². The van der Waals surface area contributed by atoms with E-state index in [1.54, 1.807) is 0 Å². The number of ether oxygens (including phenoxy) is 2. The molecular weight excluding hydrogens is 264 g/mol. The number of likely N-dealkylation sites (N-methyl/N-ethyl adjacent to an activating group) is 1. The van der Waals surface area contributed by atoms with Crippen LogP contribution in [0.2, 0.25) is 0 Å². The van der Waals surface area contributed by atoms with E-state index in [-0.39, 0.29) is 6.04 Å². The number of aryl methyl sites for hydroxylation is 1. The number of rotatable bonds is 5. The van der Waals surface area contributed by atoms with Gasteiger partial charge in [0.15, 0.2) is 11.5 Å². The summed E-state index contributed by atoms with van der Waals surface area (Å²) in [4.78, 5) is 4.50. The summed E-state index contributed by atoms with van der Waals surface area (Å²) in [7, 11) is 0. The first-order valence-corrected chi connectivity index (χ1v) is 7.30. The molecule has 4 nitrogen and oxygen atoms in total. The highest BCUT2D eigenvalue weighted by Crippen LogP contribution is 2.34. The summed E-state index contributed by atoms with van der Waals surface area (Å²) in [5.41, 5.74) is 3.47. The number of hydrogen-bond acceptors (Lipinski definition) is 4. The molecule has 0 fully saturated rings. The standard InChI is InChI=1S/C17H20N2O2/c1-3-18-15(9-14-6-4-12(2)10-19-14)13-5-7-16-17(8-13)21-11-20-16/h4-8,10,15,18H,3,9,11H2,1-2H3. The molecule has 1 atom stereocenters. The van der Waals surface area contributed by atoms with Gasteiger partial charge in [0.1, 0.15) is 0 Å². The van der Waals surface area contributed by atoms with Crippen LogP contribution in [0.15, 0.2) is 36.5 Å². The first-order chi connectivity index (χ1) is 10.3. The zero-order chi connectivity index (χ0) is 14.7. The molecule has 0 amide bonds. The number of aromatic nitrogens is 1. The van der Waals surface area contributed by atoms with Crippen LogP contribution in [0.4, 0.5) is 0 Å². The lowest BCUT2D eigenvalue weighted by Crippen LogP contribution is -2.23. The van der Waals surface area contributed by atoms with Crippen molar-refractivity contribution in [3.63, 3.8) is 0 Å². The van der Waals surface area contributed by atoms with Crippen LogP contribution in [0.5, 0.6) is 11.5 Å². The summed E-state index contributed by atoms with van der Waals surface area (Å²) >= 11 is 0. The van der Waals surface area contributed by atoms with Gasteiger partial charge in [0, 0.05) is 24.4 Å². The number of hydrogen-bond donors (Lipinski definition) is 1. The molecule has 0 saturated carbocycles. The van der Waals surface area contributed by atoms with Crippen LogP contribution in [0.3, 0.4) is 0 Å².